The van der Waals surface area contributed by atoms with Crippen molar-refractivity contribution in [2.75, 3.05) is 13.1 Å². The summed E-state index contributed by atoms with van der Waals surface area (Å²) in [6.07, 6.45) is 7.04. The third-order valence-electron chi connectivity index (χ3n) is 8.88. The number of carbonyl (C=O) groups is 1. The zero-order valence-corrected chi connectivity index (χ0v) is 28.0. The summed E-state index contributed by atoms with van der Waals surface area (Å²) in [6, 6.07) is 16.3. The van der Waals surface area contributed by atoms with Gasteiger partial charge < -0.3 is 0 Å². The van der Waals surface area contributed by atoms with E-state index in [2.05, 4.69) is 27.4 Å². The number of Topliss-reactive ketones (excluding diaryl/α,β-unsaturated/α-hetero) is 1. The number of unbranched alkanes of at least 4 members (excludes halogenated alkanes) is 3. The van der Waals surface area contributed by atoms with E-state index in [1.807, 2.05) is 49.4 Å². The van der Waals surface area contributed by atoms with Crippen molar-refractivity contribution >= 4 is 29.1 Å². The van der Waals surface area contributed by atoms with Gasteiger partial charge in [-0.25, -0.2) is 0 Å². The van der Waals surface area contributed by atoms with Crippen LogP contribution < -0.4 is 0 Å². The summed E-state index contributed by atoms with van der Waals surface area (Å²) >= 11 is -2.64. The summed E-state index contributed by atoms with van der Waals surface area (Å²) in [5.74, 6) is -0.437. The number of hydrogen-bond donors (Lipinski definition) is 0. The molecule has 2 aromatic carbocycles. The Morgan fingerprint density at radius 1 is 0.825 bits per heavy atom. The first-order valence-corrected chi connectivity index (χ1v) is 22.1. The number of ketones is 1. The van der Waals surface area contributed by atoms with Crippen molar-refractivity contribution in [2.24, 2.45) is 11.8 Å². The Morgan fingerprint density at radius 2 is 1.32 bits per heavy atom. The number of aryl methyl sites for hydroxylation is 1. The van der Waals surface area contributed by atoms with Gasteiger partial charge in [0.2, 0.25) is 0 Å². The van der Waals surface area contributed by atoms with Gasteiger partial charge in [0.15, 0.2) is 0 Å². The second-order valence-electron chi connectivity index (χ2n) is 11.7. The second kappa shape index (κ2) is 14.8. The molecule has 3 rings (SSSR count). The maximum absolute atomic E-state index is 13.9. The summed E-state index contributed by atoms with van der Waals surface area (Å²) < 4.78 is 30.7. The van der Waals surface area contributed by atoms with Gasteiger partial charge in [-0.15, -0.1) is 0 Å². The minimum atomic E-state index is -3.71. The summed E-state index contributed by atoms with van der Waals surface area (Å²) in [6.45, 7) is 18.5. The molecular formula is C34H49GeNO3S. The number of carbonyl (C=O) groups excluding carboxylic acids is 1. The van der Waals surface area contributed by atoms with Gasteiger partial charge in [-0.1, -0.05) is 0 Å². The summed E-state index contributed by atoms with van der Waals surface area (Å²) in [7, 11) is -3.71. The third kappa shape index (κ3) is 7.46. The van der Waals surface area contributed by atoms with Gasteiger partial charge in [0.1, 0.15) is 0 Å². The predicted molar refractivity (Wildman–Crippen MR) is 171 cm³/mol. The molecule has 4 nitrogen and oxygen atoms in total. The molecule has 0 spiro atoms. The normalized spacial score (nSPS) is 18.1. The molecule has 6 heteroatoms. The van der Waals surface area contributed by atoms with Gasteiger partial charge in [-0.05, 0) is 0 Å². The Kier molecular flexibility index (Phi) is 12.0. The monoisotopic (exact) mass is 625 g/mol. The van der Waals surface area contributed by atoms with Gasteiger partial charge in [-0.2, -0.15) is 0 Å². The average Bonchev–Trinajstić information content (AvgIpc) is 3.43. The molecule has 40 heavy (non-hydrogen) atoms. The van der Waals surface area contributed by atoms with Crippen LogP contribution in [0.5, 0.6) is 0 Å². The molecule has 0 N–H and O–H groups in total. The second-order valence-corrected chi connectivity index (χ2v) is 23.5. The Hall–Kier alpha value is -1.96. The van der Waals surface area contributed by atoms with E-state index in [0.717, 1.165) is 24.8 Å². The van der Waals surface area contributed by atoms with Gasteiger partial charge in [-0.3, -0.25) is 0 Å². The maximum atomic E-state index is 13.9. The van der Waals surface area contributed by atoms with Crippen LogP contribution in [-0.2, 0) is 10.0 Å². The van der Waals surface area contributed by atoms with Crippen molar-refractivity contribution in [1.82, 2.24) is 4.31 Å². The van der Waals surface area contributed by atoms with Crippen molar-refractivity contribution in [3.63, 3.8) is 0 Å². The molecule has 0 aromatic heterocycles. The van der Waals surface area contributed by atoms with Crippen LogP contribution in [0.3, 0.4) is 0 Å². The van der Waals surface area contributed by atoms with Crippen LogP contribution in [0.2, 0.25) is 15.8 Å². The standard InChI is InChI=1S/C34H49GeNO3S/c1-7-10-22-35(23-11-8-2,24-12-9-3)29(6)33-26-36(40(38,39)31-20-18-27(4)19-21-31)25-32(33)28(5)34(37)30-16-14-13-15-17-30/h13-21,32-33H,5-12,22-26H2,1-4H3. The molecule has 1 aliphatic heterocycles. The number of benzene rings is 2. The zero-order chi connectivity index (χ0) is 29.3. The first-order valence-electron chi connectivity index (χ1n) is 15.2. The van der Waals surface area contributed by atoms with E-state index >= 15 is 0 Å². The molecule has 1 fully saturated rings. The molecular weight excluding hydrogens is 575 g/mol. The number of hydrogen-bond acceptors (Lipinski definition) is 3. The van der Waals surface area contributed by atoms with Crippen LogP contribution in [0.15, 0.2) is 82.6 Å². The van der Waals surface area contributed by atoms with Crippen molar-refractivity contribution in [2.45, 2.75) is 86.9 Å². The van der Waals surface area contributed by atoms with Gasteiger partial charge in [0.05, 0.1) is 0 Å². The minimum absolute atomic E-state index is 0.0778. The van der Waals surface area contributed by atoms with Crippen molar-refractivity contribution in [1.29, 1.82) is 0 Å². The Balaban J connectivity index is 2.06. The van der Waals surface area contributed by atoms with Crippen LogP contribution >= 0.6 is 0 Å². The summed E-state index contributed by atoms with van der Waals surface area (Å²) in [5.41, 5.74) is 2.14. The fourth-order valence-corrected chi connectivity index (χ4v) is 20.1. The van der Waals surface area contributed by atoms with Crippen molar-refractivity contribution in [3.05, 3.63) is 88.9 Å². The quantitative estimate of drug-likeness (QED) is 0.107. The first kappa shape index (κ1) is 32.6. The molecule has 0 amide bonds. The molecule has 2 atom stereocenters. The van der Waals surface area contributed by atoms with E-state index < -0.39 is 23.3 Å². The molecule has 0 bridgehead atoms. The Bertz CT molecular complexity index is 1230. The molecule has 1 saturated heterocycles. The summed E-state index contributed by atoms with van der Waals surface area (Å²) in [4.78, 5) is 14.0. The molecule has 0 saturated carbocycles. The van der Waals surface area contributed by atoms with E-state index in [0.29, 0.717) is 22.6 Å². The van der Waals surface area contributed by atoms with Crippen LogP contribution in [0.25, 0.3) is 0 Å². The molecule has 1 heterocycles. The van der Waals surface area contributed by atoms with Crippen LogP contribution in [0.1, 0.15) is 75.2 Å². The molecule has 218 valence electrons. The van der Waals surface area contributed by atoms with Crippen LogP contribution in [0.4, 0.5) is 0 Å². The molecule has 2 aromatic rings. The SMILES string of the molecule is C=C(C(=O)c1ccccc1)C1CN(S(=O)(=O)c2ccc(C)cc2)CC1[C](=C)[Ge]([CH2]CCC)([CH2]CCC)[CH2]CCC. The third-order valence-corrected chi connectivity index (χ3v) is 22.6. The van der Waals surface area contributed by atoms with Crippen LogP contribution in [-0.4, -0.2) is 44.9 Å². The number of nitrogens with zero attached hydrogens (tertiary/aromatic N) is 1. The van der Waals surface area contributed by atoms with Crippen LogP contribution in [0, 0.1) is 18.8 Å². The van der Waals surface area contributed by atoms with Gasteiger partial charge in [0.25, 0.3) is 0 Å². The average molecular weight is 624 g/mol. The van der Waals surface area contributed by atoms with Gasteiger partial charge in [0, 0.05) is 0 Å². The Morgan fingerprint density at radius 3 is 1.82 bits per heavy atom. The molecule has 2 unspecified atom stereocenters. The topological polar surface area (TPSA) is 54.5 Å². The van der Waals surface area contributed by atoms with Crippen molar-refractivity contribution in [3.8, 4) is 0 Å². The van der Waals surface area contributed by atoms with E-state index in [1.54, 1.807) is 16.4 Å². The summed E-state index contributed by atoms with van der Waals surface area (Å²) in [5, 5.41) is 3.72. The van der Waals surface area contributed by atoms with E-state index in [9.17, 15) is 13.2 Å². The van der Waals surface area contributed by atoms with Gasteiger partial charge >= 0.3 is 247 Å². The van der Waals surface area contributed by atoms with E-state index in [4.69, 9.17) is 6.58 Å². The van der Waals surface area contributed by atoms with E-state index in [-0.39, 0.29) is 24.2 Å². The molecule has 0 aliphatic carbocycles. The fourth-order valence-electron chi connectivity index (χ4n) is 6.27. The number of rotatable bonds is 16. The predicted octanol–water partition coefficient (Wildman–Crippen LogP) is 8.62. The number of sulfonamides is 1. The van der Waals surface area contributed by atoms with E-state index in [1.165, 1.54) is 39.4 Å². The molecule has 1 aliphatic rings. The molecule has 0 radical (unpaired) electrons. The van der Waals surface area contributed by atoms with Crippen molar-refractivity contribution < 1.29 is 13.2 Å². The Labute approximate surface area is 246 Å². The zero-order valence-electron chi connectivity index (χ0n) is 25.1. The fraction of sp³-hybridized carbons (Fsp3) is 0.500. The first-order chi connectivity index (χ1) is 19.1.